The van der Waals surface area contributed by atoms with Crippen LogP contribution in [0.5, 0.6) is 0 Å². The van der Waals surface area contributed by atoms with Crippen molar-refractivity contribution in [3.8, 4) is 0 Å². The Bertz CT molecular complexity index is 535. The molecule has 25 heavy (non-hydrogen) atoms. The molecule has 0 spiro atoms. The van der Waals surface area contributed by atoms with Crippen LogP contribution in [0.3, 0.4) is 0 Å². The summed E-state index contributed by atoms with van der Waals surface area (Å²) in [5.41, 5.74) is 0. The van der Waals surface area contributed by atoms with E-state index in [1.54, 1.807) is 13.8 Å². The normalized spacial score (nSPS) is 20.3. The third-order valence-electron chi connectivity index (χ3n) is 3.99. The second-order valence-corrected chi connectivity index (χ2v) is 7.97. The van der Waals surface area contributed by atoms with Gasteiger partial charge in [0.05, 0.1) is 12.3 Å². The van der Waals surface area contributed by atoms with Crippen LogP contribution in [0, 0.1) is 0 Å². The summed E-state index contributed by atoms with van der Waals surface area (Å²) < 4.78 is 62.8. The van der Waals surface area contributed by atoms with E-state index in [4.69, 9.17) is 0 Å². The number of nitrogens with one attached hydrogen (secondary N) is 2. The molecule has 11 heteroatoms. The molecule has 0 saturated carbocycles. The Morgan fingerprint density at radius 2 is 1.96 bits per heavy atom. The summed E-state index contributed by atoms with van der Waals surface area (Å²) >= 11 is 0. The Balaban J connectivity index is 2.41. The smallest absolute Gasteiger partial charge is 0.355 e. The van der Waals surface area contributed by atoms with Crippen LogP contribution in [-0.4, -0.2) is 87.9 Å². The molecule has 0 aromatic rings. The molecule has 0 aliphatic carbocycles. The summed E-state index contributed by atoms with van der Waals surface area (Å²) in [4.78, 5) is 5.34. The molecule has 1 atom stereocenters. The summed E-state index contributed by atoms with van der Waals surface area (Å²) in [6.07, 6.45) is -3.62. The second-order valence-electron chi connectivity index (χ2n) is 5.88. The Morgan fingerprint density at radius 1 is 1.32 bits per heavy atom. The summed E-state index contributed by atoms with van der Waals surface area (Å²) in [6, 6.07) is -0.145. The number of sulfonamides is 1. The van der Waals surface area contributed by atoms with Crippen molar-refractivity contribution in [3.63, 3.8) is 0 Å². The highest BCUT2D eigenvalue weighted by atomic mass is 32.2. The number of halogens is 3. The van der Waals surface area contributed by atoms with E-state index in [2.05, 4.69) is 15.6 Å². The fourth-order valence-corrected chi connectivity index (χ4v) is 4.19. The third-order valence-corrected chi connectivity index (χ3v) is 6.01. The molecular formula is C14H28F3N5O2S. The molecule has 1 fully saturated rings. The van der Waals surface area contributed by atoms with E-state index in [9.17, 15) is 21.6 Å². The minimum Gasteiger partial charge on any atom is -0.355 e. The van der Waals surface area contributed by atoms with E-state index < -0.39 is 22.7 Å². The van der Waals surface area contributed by atoms with Gasteiger partial charge in [-0.25, -0.2) is 12.7 Å². The molecule has 1 aliphatic rings. The predicted molar refractivity (Wildman–Crippen MR) is 92.1 cm³/mol. The van der Waals surface area contributed by atoms with E-state index in [1.807, 2.05) is 0 Å². The number of alkyl halides is 3. The standard InChI is InChI=1S/C14H28F3N5O2S/c1-4-22(5-2)25(23,24)9-7-19-13(18-3)20-12-6-8-21(10-12)11-14(15,16)17/h12H,4-11H2,1-3H3,(H2,18,19,20). The van der Waals surface area contributed by atoms with Gasteiger partial charge < -0.3 is 10.6 Å². The number of rotatable bonds is 8. The molecule has 1 rings (SSSR count). The average Bonchev–Trinajstić information content (AvgIpc) is 2.91. The zero-order valence-electron chi connectivity index (χ0n) is 14.9. The summed E-state index contributed by atoms with van der Waals surface area (Å²) in [7, 11) is -1.79. The van der Waals surface area contributed by atoms with Crippen LogP contribution in [-0.2, 0) is 10.0 Å². The fraction of sp³-hybridized carbons (Fsp3) is 0.929. The maximum absolute atomic E-state index is 12.4. The topological polar surface area (TPSA) is 77.0 Å². The van der Waals surface area contributed by atoms with Gasteiger partial charge in [-0.3, -0.25) is 9.89 Å². The Morgan fingerprint density at radius 3 is 2.48 bits per heavy atom. The lowest BCUT2D eigenvalue weighted by Crippen LogP contribution is -2.47. The minimum atomic E-state index is -4.20. The number of hydrogen-bond acceptors (Lipinski definition) is 4. The van der Waals surface area contributed by atoms with Crippen molar-refractivity contribution in [3.05, 3.63) is 0 Å². The highest BCUT2D eigenvalue weighted by Crippen LogP contribution is 2.19. The van der Waals surface area contributed by atoms with Crippen molar-refractivity contribution in [2.24, 2.45) is 4.99 Å². The van der Waals surface area contributed by atoms with Gasteiger partial charge in [-0.05, 0) is 6.42 Å². The van der Waals surface area contributed by atoms with E-state index in [1.165, 1.54) is 16.3 Å². The molecule has 2 N–H and O–H groups in total. The average molecular weight is 387 g/mol. The van der Waals surface area contributed by atoms with Crippen LogP contribution in [0.25, 0.3) is 0 Å². The first-order valence-electron chi connectivity index (χ1n) is 8.35. The lowest BCUT2D eigenvalue weighted by Gasteiger charge is -2.21. The molecule has 0 radical (unpaired) electrons. The molecule has 148 valence electrons. The first-order valence-corrected chi connectivity index (χ1v) is 9.96. The minimum absolute atomic E-state index is 0.0692. The highest BCUT2D eigenvalue weighted by Gasteiger charge is 2.34. The van der Waals surface area contributed by atoms with Gasteiger partial charge in [-0.15, -0.1) is 0 Å². The molecule has 1 saturated heterocycles. The van der Waals surface area contributed by atoms with Crippen LogP contribution in [0.4, 0.5) is 13.2 Å². The molecule has 0 bridgehead atoms. The van der Waals surface area contributed by atoms with Gasteiger partial charge in [0.2, 0.25) is 10.0 Å². The Hall–Kier alpha value is -1.07. The molecule has 1 heterocycles. The SMILES string of the molecule is CCN(CC)S(=O)(=O)CCNC(=NC)NC1CCN(CC(F)(F)F)C1. The summed E-state index contributed by atoms with van der Waals surface area (Å²) in [5.74, 6) is 0.328. The van der Waals surface area contributed by atoms with Gasteiger partial charge in [0.15, 0.2) is 5.96 Å². The summed E-state index contributed by atoms with van der Waals surface area (Å²) in [5, 5.41) is 5.96. The zero-order valence-corrected chi connectivity index (χ0v) is 15.8. The van der Waals surface area contributed by atoms with Crippen LogP contribution in [0.15, 0.2) is 4.99 Å². The lowest BCUT2D eigenvalue weighted by atomic mass is 10.3. The largest absolute Gasteiger partial charge is 0.401 e. The molecule has 1 aliphatic heterocycles. The first-order chi connectivity index (χ1) is 11.6. The van der Waals surface area contributed by atoms with Crippen LogP contribution in [0.1, 0.15) is 20.3 Å². The van der Waals surface area contributed by atoms with E-state index in [0.717, 1.165) is 0 Å². The van der Waals surface area contributed by atoms with Gasteiger partial charge >= 0.3 is 6.18 Å². The van der Waals surface area contributed by atoms with Gasteiger partial charge in [-0.1, -0.05) is 13.8 Å². The molecular weight excluding hydrogens is 359 g/mol. The van der Waals surface area contributed by atoms with Crippen molar-refractivity contribution < 1.29 is 21.6 Å². The van der Waals surface area contributed by atoms with Gasteiger partial charge in [0.25, 0.3) is 0 Å². The number of hydrogen-bond donors (Lipinski definition) is 2. The van der Waals surface area contributed by atoms with Gasteiger partial charge in [0.1, 0.15) is 0 Å². The van der Waals surface area contributed by atoms with Crippen molar-refractivity contribution >= 4 is 16.0 Å². The van der Waals surface area contributed by atoms with Crippen LogP contribution < -0.4 is 10.6 Å². The monoisotopic (exact) mass is 387 g/mol. The first kappa shape index (κ1) is 22.0. The van der Waals surface area contributed by atoms with Crippen molar-refractivity contribution in [2.75, 3.05) is 52.1 Å². The van der Waals surface area contributed by atoms with Crippen molar-refractivity contribution in [1.29, 1.82) is 0 Å². The van der Waals surface area contributed by atoms with E-state index in [0.29, 0.717) is 32.0 Å². The summed E-state index contributed by atoms with van der Waals surface area (Å²) in [6.45, 7) is 4.30. The van der Waals surface area contributed by atoms with Gasteiger partial charge in [0, 0.05) is 45.8 Å². The molecule has 1 unspecified atom stereocenters. The maximum Gasteiger partial charge on any atom is 0.401 e. The lowest BCUT2D eigenvalue weighted by molar-refractivity contribution is -0.143. The van der Waals surface area contributed by atoms with Crippen molar-refractivity contribution in [2.45, 2.75) is 32.5 Å². The van der Waals surface area contributed by atoms with Crippen molar-refractivity contribution in [1.82, 2.24) is 19.8 Å². The molecule has 0 aromatic carbocycles. The number of nitrogens with zero attached hydrogens (tertiary/aromatic N) is 3. The van der Waals surface area contributed by atoms with E-state index in [-0.39, 0.29) is 24.9 Å². The highest BCUT2D eigenvalue weighted by molar-refractivity contribution is 7.89. The second kappa shape index (κ2) is 9.58. The van der Waals surface area contributed by atoms with Crippen LogP contribution >= 0.6 is 0 Å². The molecule has 0 aromatic heterocycles. The number of guanidine groups is 1. The quantitative estimate of drug-likeness (QED) is 0.467. The predicted octanol–water partition coefficient (Wildman–Crippen LogP) is 0.460. The Kier molecular flexibility index (Phi) is 8.42. The Labute approximate surface area is 147 Å². The number of likely N-dealkylation sites (tertiary alicyclic amines) is 1. The number of aliphatic imine (C=N–C) groups is 1. The van der Waals surface area contributed by atoms with Crippen LogP contribution in [0.2, 0.25) is 0 Å². The van der Waals surface area contributed by atoms with Gasteiger partial charge in [-0.2, -0.15) is 13.2 Å². The van der Waals surface area contributed by atoms with E-state index >= 15 is 0 Å². The third kappa shape index (κ3) is 7.78. The molecule has 7 nitrogen and oxygen atoms in total. The maximum atomic E-state index is 12.4. The zero-order chi connectivity index (χ0) is 19.1. The molecule has 0 amide bonds. The fourth-order valence-electron chi connectivity index (χ4n) is 2.78.